The molecule has 8 heteroatoms. The van der Waals surface area contributed by atoms with Crippen LogP contribution in [0.2, 0.25) is 0 Å². The molecule has 1 unspecified atom stereocenters. The predicted molar refractivity (Wildman–Crippen MR) is 89.3 cm³/mol. The van der Waals surface area contributed by atoms with Crippen LogP contribution in [0.1, 0.15) is 36.8 Å². The maximum atomic E-state index is 5.61. The number of benzene rings is 1. The average molecular weight is 331 g/mol. The Labute approximate surface area is 140 Å². The second kappa shape index (κ2) is 6.48. The molecule has 3 rings (SSSR count). The number of fused-ring (bicyclic) bond motifs is 2. The van der Waals surface area contributed by atoms with E-state index >= 15 is 0 Å². The van der Waals surface area contributed by atoms with E-state index in [1.165, 1.54) is 0 Å². The lowest BCUT2D eigenvalue weighted by molar-refractivity contribution is 0.322. The molecular weight excluding hydrogens is 310 g/mol. The molecule has 0 spiro atoms. The third-order valence-electron chi connectivity index (χ3n) is 3.87. The van der Waals surface area contributed by atoms with Gasteiger partial charge in [0.15, 0.2) is 17.3 Å². The van der Waals surface area contributed by atoms with Gasteiger partial charge in [-0.25, -0.2) is 4.68 Å². The highest BCUT2D eigenvalue weighted by molar-refractivity contribution is 5.76. The van der Waals surface area contributed by atoms with Crippen molar-refractivity contribution < 1.29 is 14.2 Å². The molecule has 1 aromatic heterocycles. The van der Waals surface area contributed by atoms with E-state index in [0.29, 0.717) is 23.1 Å². The molecule has 2 heterocycles. The maximum absolute atomic E-state index is 5.61. The van der Waals surface area contributed by atoms with Crippen LogP contribution in [0.4, 0.5) is 0 Å². The van der Waals surface area contributed by atoms with Crippen molar-refractivity contribution in [2.24, 2.45) is 0 Å². The normalized spacial score (nSPS) is 15.7. The van der Waals surface area contributed by atoms with Crippen molar-refractivity contribution in [1.82, 2.24) is 25.5 Å². The lowest BCUT2D eigenvalue weighted by Crippen LogP contribution is -2.31. The fourth-order valence-corrected chi connectivity index (χ4v) is 2.89. The molecule has 1 aromatic carbocycles. The van der Waals surface area contributed by atoms with Gasteiger partial charge in [-0.05, 0) is 42.0 Å². The first kappa shape index (κ1) is 16.3. The Morgan fingerprint density at radius 3 is 2.50 bits per heavy atom. The molecule has 0 saturated carbocycles. The van der Waals surface area contributed by atoms with Gasteiger partial charge in [0, 0.05) is 17.8 Å². The Morgan fingerprint density at radius 2 is 1.88 bits per heavy atom. The van der Waals surface area contributed by atoms with E-state index in [1.54, 1.807) is 26.0 Å². The van der Waals surface area contributed by atoms with E-state index in [1.807, 2.05) is 18.3 Å². The van der Waals surface area contributed by atoms with E-state index in [2.05, 4.69) is 34.7 Å². The molecule has 2 aromatic rings. The van der Waals surface area contributed by atoms with E-state index in [4.69, 9.17) is 14.2 Å². The summed E-state index contributed by atoms with van der Waals surface area (Å²) < 4.78 is 18.2. The van der Waals surface area contributed by atoms with Gasteiger partial charge >= 0.3 is 0 Å². The number of rotatable bonds is 5. The van der Waals surface area contributed by atoms with Crippen LogP contribution in [0, 0.1) is 0 Å². The average Bonchev–Trinajstić information content (AvgIpc) is 2.99. The number of nitrogens with one attached hydrogen (secondary N) is 1. The molecule has 1 aliphatic rings. The van der Waals surface area contributed by atoms with Gasteiger partial charge in [-0.15, -0.1) is 5.10 Å². The summed E-state index contributed by atoms with van der Waals surface area (Å²) >= 11 is 0. The second-order valence-corrected chi connectivity index (χ2v) is 5.70. The van der Waals surface area contributed by atoms with Gasteiger partial charge in [0.2, 0.25) is 5.75 Å². The first-order valence-corrected chi connectivity index (χ1v) is 7.65. The van der Waals surface area contributed by atoms with Crippen molar-refractivity contribution in [2.45, 2.75) is 25.9 Å². The van der Waals surface area contributed by atoms with E-state index in [9.17, 15) is 0 Å². The summed E-state index contributed by atoms with van der Waals surface area (Å²) in [4.78, 5) is 0. The monoisotopic (exact) mass is 331 g/mol. The zero-order chi connectivity index (χ0) is 17.3. The minimum absolute atomic E-state index is 0.210. The van der Waals surface area contributed by atoms with Crippen molar-refractivity contribution in [2.75, 3.05) is 21.3 Å². The number of aromatic nitrogens is 4. The van der Waals surface area contributed by atoms with Gasteiger partial charge in [-0.2, -0.15) is 0 Å². The molecule has 0 fully saturated rings. The van der Waals surface area contributed by atoms with Crippen LogP contribution in [-0.4, -0.2) is 47.6 Å². The molecule has 1 atom stereocenters. The van der Waals surface area contributed by atoms with Crippen LogP contribution >= 0.6 is 0 Å². The Bertz CT molecular complexity index is 769. The van der Waals surface area contributed by atoms with Crippen molar-refractivity contribution in [3.63, 3.8) is 0 Å². The van der Waals surface area contributed by atoms with Gasteiger partial charge in [0.05, 0.1) is 27.4 Å². The molecule has 0 aliphatic carbocycles. The largest absolute Gasteiger partial charge is 0.493 e. The van der Waals surface area contributed by atoms with E-state index < -0.39 is 0 Å². The molecule has 128 valence electrons. The number of methoxy groups -OCH3 is 3. The van der Waals surface area contributed by atoms with Gasteiger partial charge in [-0.1, -0.05) is 0 Å². The summed E-state index contributed by atoms with van der Waals surface area (Å²) in [6.07, 6.45) is 3.72. The minimum Gasteiger partial charge on any atom is -0.493 e. The van der Waals surface area contributed by atoms with E-state index in [0.717, 1.165) is 11.1 Å². The lowest BCUT2D eigenvalue weighted by Gasteiger charge is -2.23. The summed E-state index contributed by atoms with van der Waals surface area (Å²) in [5.74, 6) is 2.46. The Balaban J connectivity index is 2.28. The Kier molecular flexibility index (Phi) is 4.39. The quantitative estimate of drug-likeness (QED) is 0.893. The number of nitrogens with zero attached hydrogens (tertiary/aromatic N) is 4. The molecule has 1 N–H and O–H groups in total. The number of hydrogen-bond donors (Lipinski definition) is 1. The first-order chi connectivity index (χ1) is 11.6. The zero-order valence-electron chi connectivity index (χ0n) is 14.4. The summed E-state index contributed by atoms with van der Waals surface area (Å²) in [5, 5.41) is 15.5. The molecule has 0 bridgehead atoms. The number of ether oxygens (including phenoxy) is 3. The fraction of sp³-hybridized carbons (Fsp3) is 0.438. The lowest BCUT2D eigenvalue weighted by atomic mass is 9.97. The molecule has 1 aliphatic heterocycles. The fourth-order valence-electron chi connectivity index (χ4n) is 2.89. The van der Waals surface area contributed by atoms with Crippen LogP contribution in [0.3, 0.4) is 0 Å². The van der Waals surface area contributed by atoms with E-state index in [-0.39, 0.29) is 12.1 Å². The van der Waals surface area contributed by atoms with Gasteiger partial charge in [0.25, 0.3) is 0 Å². The molecule has 0 saturated heterocycles. The van der Waals surface area contributed by atoms with Crippen molar-refractivity contribution in [1.29, 1.82) is 0 Å². The molecule has 8 nitrogen and oxygen atoms in total. The summed E-state index contributed by atoms with van der Waals surface area (Å²) in [7, 11) is 4.80. The number of hydrogen-bond acceptors (Lipinski definition) is 7. The minimum atomic E-state index is -0.210. The predicted octanol–water partition coefficient (Wildman–Crippen LogP) is 1.73. The van der Waals surface area contributed by atoms with Crippen LogP contribution in [0.15, 0.2) is 6.07 Å². The highest BCUT2D eigenvalue weighted by atomic mass is 16.5. The standard InChI is InChI=1S/C16H21N5O3/c1-9(2)17-13-11-8-12(22-3)15(24-5)14(23-4)10(11)6-7-21-16(13)18-19-20-21/h6-9,13,17H,1-5H3. The van der Waals surface area contributed by atoms with Crippen LogP contribution in [0.5, 0.6) is 17.2 Å². The van der Waals surface area contributed by atoms with Crippen LogP contribution in [-0.2, 0) is 0 Å². The zero-order valence-corrected chi connectivity index (χ0v) is 14.4. The molecule has 24 heavy (non-hydrogen) atoms. The molecular formula is C16H21N5O3. The van der Waals surface area contributed by atoms with Crippen LogP contribution in [0.25, 0.3) is 12.3 Å². The number of tetrazole rings is 1. The highest BCUT2D eigenvalue weighted by Gasteiger charge is 2.30. The smallest absolute Gasteiger partial charge is 0.203 e. The summed E-state index contributed by atoms with van der Waals surface area (Å²) in [5.41, 5.74) is 1.85. The highest BCUT2D eigenvalue weighted by Crippen LogP contribution is 2.45. The summed E-state index contributed by atoms with van der Waals surface area (Å²) in [6, 6.07) is 1.95. The Morgan fingerprint density at radius 1 is 1.12 bits per heavy atom. The second-order valence-electron chi connectivity index (χ2n) is 5.70. The SMILES string of the molecule is COc1cc2c(c(OC)c1OC)C=Cn1nnnc1C2NC(C)C. The topological polar surface area (TPSA) is 83.3 Å². The van der Waals surface area contributed by atoms with Gasteiger partial charge in [0.1, 0.15) is 0 Å². The summed E-state index contributed by atoms with van der Waals surface area (Å²) in [6.45, 7) is 4.15. The maximum Gasteiger partial charge on any atom is 0.203 e. The molecule has 0 radical (unpaired) electrons. The van der Waals surface area contributed by atoms with Crippen LogP contribution < -0.4 is 19.5 Å². The van der Waals surface area contributed by atoms with Crippen molar-refractivity contribution >= 4 is 12.3 Å². The van der Waals surface area contributed by atoms with Gasteiger partial charge in [-0.3, -0.25) is 0 Å². The molecule has 0 amide bonds. The van der Waals surface area contributed by atoms with Crippen molar-refractivity contribution in [3.05, 3.63) is 23.0 Å². The van der Waals surface area contributed by atoms with Crippen molar-refractivity contribution in [3.8, 4) is 17.2 Å². The third-order valence-corrected chi connectivity index (χ3v) is 3.87. The first-order valence-electron chi connectivity index (χ1n) is 7.65. The third kappa shape index (κ3) is 2.58. The Hall–Kier alpha value is -2.61. The van der Waals surface area contributed by atoms with Gasteiger partial charge < -0.3 is 19.5 Å².